The molecule has 34 heavy (non-hydrogen) atoms. The second-order valence-electron chi connectivity index (χ2n) is 7.58. The van der Waals surface area contributed by atoms with Gasteiger partial charge in [0.25, 0.3) is 11.8 Å². The zero-order valence-electron chi connectivity index (χ0n) is 18.5. The number of nitrogens with two attached hydrogens (primary N) is 1. The first kappa shape index (κ1) is 23.0. The molecule has 2 unspecified atom stereocenters. The molecule has 2 atom stereocenters. The van der Waals surface area contributed by atoms with Crippen molar-refractivity contribution in [1.82, 2.24) is 15.3 Å². The van der Waals surface area contributed by atoms with E-state index in [1.165, 1.54) is 6.33 Å². The Bertz CT molecular complexity index is 1270. The standard InChI is InChI=1S/C25H25N5O4/c1-2-34-19-11-8-17(9-12-19)24(32)29-22(16-6-4-3-5-7-16)23(31)25(33)30(26)18-10-13-20-21(14-18)28-15-27-20/h3-15,22-23,31H,2,26H2,1H3,(H,27,28)(H,29,32). The summed E-state index contributed by atoms with van der Waals surface area (Å²) in [6, 6.07) is 19.3. The minimum Gasteiger partial charge on any atom is -0.494 e. The minimum atomic E-state index is -1.64. The highest BCUT2D eigenvalue weighted by Crippen LogP contribution is 2.23. The van der Waals surface area contributed by atoms with Crippen LogP contribution in [0.4, 0.5) is 5.69 Å². The lowest BCUT2D eigenvalue weighted by atomic mass is 9.99. The third kappa shape index (κ3) is 4.90. The van der Waals surface area contributed by atoms with Gasteiger partial charge < -0.3 is 20.1 Å². The number of rotatable bonds is 8. The predicted molar refractivity (Wildman–Crippen MR) is 128 cm³/mol. The first-order chi connectivity index (χ1) is 16.5. The molecule has 0 radical (unpaired) electrons. The summed E-state index contributed by atoms with van der Waals surface area (Å²) in [6.45, 7) is 2.39. The summed E-state index contributed by atoms with van der Waals surface area (Å²) in [5.41, 5.74) is 2.69. The fraction of sp³-hybridized carbons (Fsp3) is 0.160. The van der Waals surface area contributed by atoms with Gasteiger partial charge in [0.1, 0.15) is 5.75 Å². The normalized spacial score (nSPS) is 12.7. The van der Waals surface area contributed by atoms with Gasteiger partial charge in [-0.2, -0.15) is 0 Å². The number of carbonyl (C=O) groups excluding carboxylic acids is 2. The van der Waals surface area contributed by atoms with Crippen molar-refractivity contribution in [2.75, 3.05) is 11.6 Å². The first-order valence-corrected chi connectivity index (χ1v) is 10.8. The number of aliphatic hydroxyl groups excluding tert-OH is 1. The third-order valence-electron chi connectivity index (χ3n) is 5.36. The number of H-pyrrole nitrogens is 1. The van der Waals surface area contributed by atoms with E-state index in [0.717, 1.165) is 10.5 Å². The average molecular weight is 460 g/mol. The molecule has 9 nitrogen and oxygen atoms in total. The lowest BCUT2D eigenvalue weighted by Crippen LogP contribution is -2.50. The number of hydrogen-bond acceptors (Lipinski definition) is 6. The SMILES string of the molecule is CCOc1ccc(C(=O)NC(c2ccccc2)C(O)C(=O)N(N)c2ccc3nc[nH]c3c2)cc1. The Hall–Kier alpha value is -4.21. The van der Waals surface area contributed by atoms with Gasteiger partial charge in [0.15, 0.2) is 6.10 Å². The third-order valence-corrected chi connectivity index (χ3v) is 5.36. The smallest absolute Gasteiger partial charge is 0.272 e. The maximum absolute atomic E-state index is 13.1. The van der Waals surface area contributed by atoms with Crippen LogP contribution in [0.3, 0.4) is 0 Å². The number of fused-ring (bicyclic) bond motifs is 1. The van der Waals surface area contributed by atoms with Gasteiger partial charge in [-0.05, 0) is 55.0 Å². The van der Waals surface area contributed by atoms with Crippen molar-refractivity contribution >= 4 is 28.5 Å². The molecule has 1 aromatic heterocycles. The molecule has 0 spiro atoms. The van der Waals surface area contributed by atoms with Crippen LogP contribution in [0.25, 0.3) is 11.0 Å². The van der Waals surface area contributed by atoms with E-state index in [2.05, 4.69) is 15.3 Å². The van der Waals surface area contributed by atoms with Gasteiger partial charge in [0.05, 0.1) is 35.7 Å². The molecule has 3 aromatic carbocycles. The van der Waals surface area contributed by atoms with Crippen molar-refractivity contribution in [3.8, 4) is 5.75 Å². The van der Waals surface area contributed by atoms with Crippen molar-refractivity contribution in [2.45, 2.75) is 19.1 Å². The molecular weight excluding hydrogens is 434 g/mol. The number of hydrogen-bond donors (Lipinski definition) is 4. The van der Waals surface area contributed by atoms with Gasteiger partial charge in [-0.3, -0.25) is 9.59 Å². The quantitative estimate of drug-likeness (QED) is 0.182. The number of aromatic amines is 1. The van der Waals surface area contributed by atoms with E-state index in [1.54, 1.807) is 72.8 Å². The molecule has 5 N–H and O–H groups in total. The number of nitrogens with zero attached hydrogens (tertiary/aromatic N) is 2. The Morgan fingerprint density at radius 1 is 1.12 bits per heavy atom. The zero-order chi connectivity index (χ0) is 24.1. The fourth-order valence-corrected chi connectivity index (χ4v) is 3.58. The van der Waals surface area contributed by atoms with Crippen LogP contribution in [0.15, 0.2) is 79.1 Å². The number of imidazole rings is 1. The van der Waals surface area contributed by atoms with Crippen LogP contribution in [0.5, 0.6) is 5.75 Å². The fourth-order valence-electron chi connectivity index (χ4n) is 3.58. The number of anilines is 1. The summed E-state index contributed by atoms with van der Waals surface area (Å²) in [4.78, 5) is 33.2. The summed E-state index contributed by atoms with van der Waals surface area (Å²) in [6.07, 6.45) is -0.107. The van der Waals surface area contributed by atoms with E-state index in [-0.39, 0.29) is 0 Å². The molecule has 0 aliphatic heterocycles. The Kier molecular flexibility index (Phi) is 6.86. The Labute approximate surface area is 196 Å². The van der Waals surface area contributed by atoms with Crippen LogP contribution in [-0.4, -0.2) is 39.6 Å². The number of benzene rings is 3. The highest BCUT2D eigenvalue weighted by Gasteiger charge is 2.32. The van der Waals surface area contributed by atoms with E-state index < -0.39 is 24.0 Å². The summed E-state index contributed by atoms with van der Waals surface area (Å²) in [5, 5.41) is 14.6. The average Bonchev–Trinajstić information content (AvgIpc) is 3.35. The summed E-state index contributed by atoms with van der Waals surface area (Å²) in [7, 11) is 0. The number of ether oxygens (including phenoxy) is 1. The van der Waals surface area contributed by atoms with Crippen LogP contribution >= 0.6 is 0 Å². The number of amides is 2. The lowest BCUT2D eigenvalue weighted by Gasteiger charge is -2.27. The van der Waals surface area contributed by atoms with Crippen LogP contribution < -0.4 is 20.9 Å². The first-order valence-electron chi connectivity index (χ1n) is 10.8. The molecule has 174 valence electrons. The second-order valence-corrected chi connectivity index (χ2v) is 7.58. The Morgan fingerprint density at radius 2 is 1.85 bits per heavy atom. The Morgan fingerprint density at radius 3 is 2.56 bits per heavy atom. The van der Waals surface area contributed by atoms with Crippen LogP contribution in [0.1, 0.15) is 28.9 Å². The minimum absolute atomic E-state index is 0.360. The van der Waals surface area contributed by atoms with E-state index in [4.69, 9.17) is 10.6 Å². The van der Waals surface area contributed by atoms with Gasteiger partial charge in [0, 0.05) is 5.56 Å². The molecule has 4 rings (SSSR count). The molecule has 0 fully saturated rings. The number of aliphatic hydroxyl groups is 1. The van der Waals surface area contributed by atoms with E-state index >= 15 is 0 Å². The highest BCUT2D eigenvalue weighted by atomic mass is 16.5. The zero-order valence-corrected chi connectivity index (χ0v) is 18.5. The number of aromatic nitrogens is 2. The maximum atomic E-state index is 13.1. The van der Waals surface area contributed by atoms with E-state index in [0.29, 0.717) is 34.7 Å². The van der Waals surface area contributed by atoms with Gasteiger partial charge in [-0.25, -0.2) is 15.8 Å². The van der Waals surface area contributed by atoms with Crippen LogP contribution in [0, 0.1) is 0 Å². The van der Waals surface area contributed by atoms with Crippen LogP contribution in [0.2, 0.25) is 0 Å². The summed E-state index contributed by atoms with van der Waals surface area (Å²) < 4.78 is 5.41. The highest BCUT2D eigenvalue weighted by molar-refractivity contribution is 5.99. The topological polar surface area (TPSA) is 134 Å². The van der Waals surface area contributed by atoms with Crippen molar-refractivity contribution in [3.05, 3.63) is 90.3 Å². The maximum Gasteiger partial charge on any atom is 0.272 e. The number of carbonyl (C=O) groups is 2. The van der Waals surface area contributed by atoms with Gasteiger partial charge in [-0.1, -0.05) is 30.3 Å². The van der Waals surface area contributed by atoms with E-state index in [9.17, 15) is 14.7 Å². The summed E-state index contributed by atoms with van der Waals surface area (Å²) >= 11 is 0. The molecule has 1 heterocycles. The summed E-state index contributed by atoms with van der Waals surface area (Å²) in [5.74, 6) is 5.48. The largest absolute Gasteiger partial charge is 0.494 e. The molecule has 0 bridgehead atoms. The molecule has 4 aromatic rings. The van der Waals surface area contributed by atoms with Gasteiger partial charge in [0.2, 0.25) is 0 Å². The van der Waals surface area contributed by atoms with Gasteiger partial charge in [-0.15, -0.1) is 0 Å². The van der Waals surface area contributed by atoms with Crippen molar-refractivity contribution in [2.24, 2.45) is 5.84 Å². The monoisotopic (exact) mass is 459 g/mol. The molecule has 0 aliphatic rings. The lowest BCUT2D eigenvalue weighted by molar-refractivity contribution is -0.128. The van der Waals surface area contributed by atoms with Crippen molar-refractivity contribution in [1.29, 1.82) is 0 Å². The molecule has 0 saturated carbocycles. The Balaban J connectivity index is 1.57. The molecular formula is C25H25N5O4. The predicted octanol–water partition coefficient (Wildman–Crippen LogP) is 2.70. The van der Waals surface area contributed by atoms with Crippen LogP contribution in [-0.2, 0) is 4.79 Å². The second kappa shape index (κ2) is 10.2. The van der Waals surface area contributed by atoms with E-state index in [1.807, 2.05) is 6.92 Å². The number of hydrazine groups is 1. The molecule has 9 heteroatoms. The molecule has 0 saturated heterocycles. The van der Waals surface area contributed by atoms with Gasteiger partial charge >= 0.3 is 0 Å². The van der Waals surface area contributed by atoms with Crippen molar-refractivity contribution in [3.63, 3.8) is 0 Å². The van der Waals surface area contributed by atoms with Crippen molar-refractivity contribution < 1.29 is 19.4 Å². The molecule has 0 aliphatic carbocycles. The number of nitrogens with one attached hydrogen (secondary N) is 2. The molecule has 2 amide bonds.